The van der Waals surface area contributed by atoms with Crippen LogP contribution in [0, 0.1) is 0 Å². The lowest BCUT2D eigenvalue weighted by molar-refractivity contribution is -0.137. The third kappa shape index (κ3) is 2.93. The molecule has 0 fully saturated rings. The molecule has 2 N–H and O–H groups in total. The zero-order valence-corrected chi connectivity index (χ0v) is 11.0. The third-order valence-electron chi connectivity index (χ3n) is 3.13. The van der Waals surface area contributed by atoms with Crippen LogP contribution < -0.4 is 10.6 Å². The minimum Gasteiger partial charge on any atom is -0.344 e. The van der Waals surface area contributed by atoms with Crippen LogP contribution in [-0.2, 0) is 12.7 Å². The summed E-state index contributed by atoms with van der Waals surface area (Å²) in [5, 5.41) is 0. The molecule has 0 radical (unpaired) electrons. The smallest absolute Gasteiger partial charge is 0.344 e. The Hall–Kier alpha value is -2.01. The molecule has 2 nitrogen and oxygen atoms in total. The lowest BCUT2D eigenvalue weighted by atomic mass is 10.1. The summed E-state index contributed by atoms with van der Waals surface area (Å²) in [5.41, 5.74) is 6.60. The predicted molar refractivity (Wildman–Crippen MR) is 73.8 cm³/mol. The number of hydrogen-bond acceptors (Lipinski definition) is 2. The quantitative estimate of drug-likeness (QED) is 0.923. The fourth-order valence-corrected chi connectivity index (χ4v) is 2.00. The minimum atomic E-state index is -4.37. The Morgan fingerprint density at radius 3 is 2.15 bits per heavy atom. The number of alkyl halides is 3. The van der Waals surface area contributed by atoms with Crippen molar-refractivity contribution in [1.29, 1.82) is 0 Å². The summed E-state index contributed by atoms with van der Waals surface area (Å²) in [6.07, 6.45) is -4.37. The Labute approximate surface area is 115 Å². The van der Waals surface area contributed by atoms with Crippen molar-refractivity contribution in [1.82, 2.24) is 0 Å². The van der Waals surface area contributed by atoms with Gasteiger partial charge in [0.2, 0.25) is 0 Å². The van der Waals surface area contributed by atoms with Gasteiger partial charge >= 0.3 is 6.18 Å². The van der Waals surface area contributed by atoms with Crippen LogP contribution in [0.4, 0.5) is 24.5 Å². The minimum absolute atomic E-state index is 0.125. The number of halogens is 3. The van der Waals surface area contributed by atoms with Gasteiger partial charge in [-0.25, -0.2) is 0 Å². The van der Waals surface area contributed by atoms with Crippen molar-refractivity contribution in [2.24, 2.45) is 5.73 Å². The van der Waals surface area contributed by atoms with Gasteiger partial charge in [-0.05, 0) is 29.8 Å². The van der Waals surface area contributed by atoms with Crippen molar-refractivity contribution in [2.45, 2.75) is 12.7 Å². The summed E-state index contributed by atoms with van der Waals surface area (Å²) in [4.78, 5) is 1.52. The number of anilines is 2. The molecule has 0 aliphatic carbocycles. The van der Waals surface area contributed by atoms with Crippen LogP contribution in [0.25, 0.3) is 0 Å². The summed E-state index contributed by atoms with van der Waals surface area (Å²) >= 11 is 0. The van der Waals surface area contributed by atoms with Crippen LogP contribution in [-0.4, -0.2) is 7.05 Å². The molecule has 0 aliphatic rings. The van der Waals surface area contributed by atoms with Gasteiger partial charge in [0.05, 0.1) is 11.3 Å². The predicted octanol–water partition coefficient (Wildman–Crippen LogP) is 3.93. The van der Waals surface area contributed by atoms with Gasteiger partial charge in [0.25, 0.3) is 0 Å². The second-order valence-corrected chi connectivity index (χ2v) is 4.44. The van der Waals surface area contributed by atoms with E-state index in [-0.39, 0.29) is 5.69 Å². The molecule has 0 amide bonds. The van der Waals surface area contributed by atoms with Crippen LogP contribution in [0.3, 0.4) is 0 Å². The molecule has 0 bridgehead atoms. The molecule has 2 aromatic rings. The van der Waals surface area contributed by atoms with Crippen molar-refractivity contribution < 1.29 is 13.2 Å². The van der Waals surface area contributed by atoms with Crippen molar-refractivity contribution in [3.8, 4) is 0 Å². The molecule has 0 aromatic heterocycles. The van der Waals surface area contributed by atoms with Crippen LogP contribution in [0.1, 0.15) is 11.1 Å². The molecule has 106 valence electrons. The van der Waals surface area contributed by atoms with E-state index >= 15 is 0 Å². The Kier molecular flexibility index (Phi) is 3.99. The number of rotatable bonds is 3. The van der Waals surface area contributed by atoms with Crippen molar-refractivity contribution in [3.63, 3.8) is 0 Å². The van der Waals surface area contributed by atoms with E-state index < -0.39 is 11.7 Å². The molecule has 2 aromatic carbocycles. The van der Waals surface area contributed by atoms with Gasteiger partial charge in [-0.2, -0.15) is 13.2 Å². The summed E-state index contributed by atoms with van der Waals surface area (Å²) in [6, 6.07) is 12.7. The van der Waals surface area contributed by atoms with Crippen LogP contribution in [0.5, 0.6) is 0 Å². The first kappa shape index (κ1) is 14.4. The van der Waals surface area contributed by atoms with Gasteiger partial charge in [-0.15, -0.1) is 0 Å². The maximum absolute atomic E-state index is 13.0. The normalized spacial score (nSPS) is 11.4. The molecule has 0 heterocycles. The number of nitrogens with two attached hydrogens (primary N) is 1. The fourth-order valence-electron chi connectivity index (χ4n) is 2.00. The van der Waals surface area contributed by atoms with E-state index in [9.17, 15) is 13.2 Å². The van der Waals surface area contributed by atoms with E-state index in [0.717, 1.165) is 11.6 Å². The van der Waals surface area contributed by atoms with Crippen molar-refractivity contribution in [2.75, 3.05) is 11.9 Å². The number of para-hydroxylation sites is 1. The van der Waals surface area contributed by atoms with Crippen LogP contribution >= 0.6 is 0 Å². The van der Waals surface area contributed by atoms with Gasteiger partial charge in [0.1, 0.15) is 0 Å². The zero-order chi connectivity index (χ0) is 14.8. The molecule has 0 saturated carbocycles. The SMILES string of the molecule is CN(c1ccc(CN)cc1)c1ccccc1C(F)(F)F. The number of benzene rings is 2. The first-order valence-electron chi connectivity index (χ1n) is 6.12. The molecular weight excluding hydrogens is 265 g/mol. The molecule has 0 unspecified atom stereocenters. The van der Waals surface area contributed by atoms with Gasteiger partial charge in [-0.3, -0.25) is 0 Å². The second kappa shape index (κ2) is 5.54. The van der Waals surface area contributed by atoms with Gasteiger partial charge < -0.3 is 10.6 Å². The second-order valence-electron chi connectivity index (χ2n) is 4.44. The van der Waals surface area contributed by atoms with Crippen molar-refractivity contribution >= 4 is 11.4 Å². The lowest BCUT2D eigenvalue weighted by Crippen LogP contribution is -2.16. The largest absolute Gasteiger partial charge is 0.418 e. The highest BCUT2D eigenvalue weighted by atomic mass is 19.4. The summed E-state index contributed by atoms with van der Waals surface area (Å²) < 4.78 is 39.0. The highest BCUT2D eigenvalue weighted by Crippen LogP contribution is 2.38. The van der Waals surface area contributed by atoms with Gasteiger partial charge in [-0.1, -0.05) is 24.3 Å². The van der Waals surface area contributed by atoms with E-state index in [0.29, 0.717) is 12.2 Å². The molecule has 0 spiro atoms. The average Bonchev–Trinajstić information content (AvgIpc) is 2.46. The first-order chi connectivity index (χ1) is 9.43. The summed E-state index contributed by atoms with van der Waals surface area (Å²) in [6.45, 7) is 0.406. The van der Waals surface area contributed by atoms with Crippen LogP contribution in [0.2, 0.25) is 0 Å². The Morgan fingerprint density at radius 1 is 1.00 bits per heavy atom. The maximum Gasteiger partial charge on any atom is 0.418 e. The Morgan fingerprint density at radius 2 is 1.60 bits per heavy atom. The third-order valence-corrected chi connectivity index (χ3v) is 3.13. The number of hydrogen-bond donors (Lipinski definition) is 1. The topological polar surface area (TPSA) is 29.3 Å². The van der Waals surface area contributed by atoms with E-state index in [1.54, 1.807) is 25.2 Å². The molecule has 2 rings (SSSR count). The first-order valence-corrected chi connectivity index (χ1v) is 6.12. The van der Waals surface area contributed by atoms with Crippen LogP contribution in [0.15, 0.2) is 48.5 Å². The van der Waals surface area contributed by atoms with E-state index in [2.05, 4.69) is 0 Å². The summed E-state index contributed by atoms with van der Waals surface area (Å²) in [7, 11) is 1.61. The molecule has 0 atom stereocenters. The zero-order valence-electron chi connectivity index (χ0n) is 11.0. The molecule has 0 saturated heterocycles. The Balaban J connectivity index is 2.40. The molecule has 20 heavy (non-hydrogen) atoms. The van der Waals surface area contributed by atoms with Crippen molar-refractivity contribution in [3.05, 3.63) is 59.7 Å². The summed E-state index contributed by atoms with van der Waals surface area (Å²) in [5.74, 6) is 0. The van der Waals surface area contributed by atoms with Gasteiger partial charge in [0.15, 0.2) is 0 Å². The Bertz CT molecular complexity index is 576. The highest BCUT2D eigenvalue weighted by molar-refractivity contribution is 5.66. The monoisotopic (exact) mass is 280 g/mol. The molecule has 0 aliphatic heterocycles. The standard InChI is InChI=1S/C15H15F3N2/c1-20(12-8-6-11(10-19)7-9-12)14-5-3-2-4-13(14)15(16,17)18/h2-9H,10,19H2,1H3. The van der Waals surface area contributed by atoms with E-state index in [1.807, 2.05) is 12.1 Å². The maximum atomic E-state index is 13.0. The average molecular weight is 280 g/mol. The van der Waals surface area contributed by atoms with E-state index in [1.165, 1.54) is 17.0 Å². The lowest BCUT2D eigenvalue weighted by Gasteiger charge is -2.23. The van der Waals surface area contributed by atoms with E-state index in [4.69, 9.17) is 5.73 Å². The molecular formula is C15H15F3N2. The molecule has 5 heteroatoms. The highest BCUT2D eigenvalue weighted by Gasteiger charge is 2.34. The fraction of sp³-hybridized carbons (Fsp3) is 0.200. The number of nitrogens with zero attached hydrogens (tertiary/aromatic N) is 1. The van der Waals surface area contributed by atoms with Gasteiger partial charge in [0, 0.05) is 19.3 Å².